The summed E-state index contributed by atoms with van der Waals surface area (Å²) in [4.78, 5) is 11.9. The van der Waals surface area contributed by atoms with Gasteiger partial charge in [-0.25, -0.2) is 0 Å². The normalized spacial score (nSPS) is 32.7. The van der Waals surface area contributed by atoms with E-state index in [2.05, 4.69) is 34.6 Å². The van der Waals surface area contributed by atoms with Crippen LogP contribution in [0, 0.1) is 16.7 Å². The van der Waals surface area contributed by atoms with Gasteiger partial charge in [-0.15, -0.1) is 0 Å². The Labute approximate surface area is 81.9 Å². The Balaban J connectivity index is 2.51. The lowest BCUT2D eigenvalue weighted by Gasteiger charge is -2.15. The van der Waals surface area contributed by atoms with Gasteiger partial charge in [0.1, 0.15) is 5.78 Å². The molecular formula is C12H22O. The fourth-order valence-electron chi connectivity index (χ4n) is 2.00. The first-order valence-electron chi connectivity index (χ1n) is 5.37. The first-order valence-corrected chi connectivity index (χ1v) is 5.37. The van der Waals surface area contributed by atoms with Crippen LogP contribution < -0.4 is 0 Å². The molecule has 1 saturated carbocycles. The molecule has 0 N–H and O–H groups in total. The van der Waals surface area contributed by atoms with Gasteiger partial charge in [-0.3, -0.25) is 4.79 Å². The van der Waals surface area contributed by atoms with E-state index < -0.39 is 0 Å². The van der Waals surface area contributed by atoms with Crippen LogP contribution in [0.25, 0.3) is 0 Å². The first kappa shape index (κ1) is 10.7. The molecule has 13 heavy (non-hydrogen) atoms. The van der Waals surface area contributed by atoms with Crippen molar-refractivity contribution in [2.24, 2.45) is 16.7 Å². The maximum atomic E-state index is 11.9. The van der Waals surface area contributed by atoms with Gasteiger partial charge < -0.3 is 0 Å². The van der Waals surface area contributed by atoms with Crippen molar-refractivity contribution >= 4 is 5.78 Å². The van der Waals surface area contributed by atoms with Crippen molar-refractivity contribution in [1.29, 1.82) is 0 Å². The van der Waals surface area contributed by atoms with Crippen molar-refractivity contribution in [2.45, 2.75) is 53.9 Å². The molecule has 0 radical (unpaired) electrons. The van der Waals surface area contributed by atoms with E-state index in [0.29, 0.717) is 11.7 Å². The van der Waals surface area contributed by atoms with E-state index in [1.54, 1.807) is 0 Å². The second-order valence-corrected chi connectivity index (χ2v) is 5.53. The zero-order valence-corrected chi connectivity index (χ0v) is 9.61. The van der Waals surface area contributed by atoms with Gasteiger partial charge in [0.25, 0.3) is 0 Å². The Bertz CT molecular complexity index is 217. The van der Waals surface area contributed by atoms with E-state index in [-0.39, 0.29) is 10.8 Å². The lowest BCUT2D eigenvalue weighted by Crippen LogP contribution is -2.19. The van der Waals surface area contributed by atoms with Gasteiger partial charge in [0.2, 0.25) is 0 Å². The molecule has 0 aromatic rings. The second kappa shape index (κ2) is 3.11. The fourth-order valence-corrected chi connectivity index (χ4v) is 2.00. The highest BCUT2D eigenvalue weighted by molar-refractivity contribution is 5.88. The average molecular weight is 182 g/mol. The number of Topliss-reactive ketones (excluding diaryl/α,β-unsaturated/α-hetero) is 1. The van der Waals surface area contributed by atoms with E-state index in [1.165, 1.54) is 0 Å². The van der Waals surface area contributed by atoms with Gasteiger partial charge in [0, 0.05) is 11.8 Å². The van der Waals surface area contributed by atoms with Crippen LogP contribution in [0.3, 0.4) is 0 Å². The molecule has 0 aliphatic heterocycles. The summed E-state index contributed by atoms with van der Waals surface area (Å²) in [5.74, 6) is 1.03. The van der Waals surface area contributed by atoms with E-state index in [4.69, 9.17) is 0 Å². The minimum atomic E-state index is -0.00354. The highest BCUT2D eigenvalue weighted by atomic mass is 16.1. The highest BCUT2D eigenvalue weighted by Gasteiger charge is 2.61. The van der Waals surface area contributed by atoms with Crippen LogP contribution in [-0.2, 0) is 4.79 Å². The predicted molar refractivity (Wildman–Crippen MR) is 55.6 cm³/mol. The third kappa shape index (κ3) is 1.79. The summed E-state index contributed by atoms with van der Waals surface area (Å²) in [6.45, 7) is 10.8. The number of hydrogen-bond acceptors (Lipinski definition) is 1. The van der Waals surface area contributed by atoms with Crippen LogP contribution in [0.2, 0.25) is 0 Å². The third-order valence-corrected chi connectivity index (χ3v) is 4.01. The standard InChI is InChI=1S/C12H22O/c1-6-9(2)7-10(13)12(5)8-11(12,3)4/h9H,6-8H2,1-5H3. The van der Waals surface area contributed by atoms with Crippen molar-refractivity contribution in [2.75, 3.05) is 0 Å². The largest absolute Gasteiger partial charge is 0.299 e. The van der Waals surface area contributed by atoms with Crippen molar-refractivity contribution in [3.63, 3.8) is 0 Å². The second-order valence-electron chi connectivity index (χ2n) is 5.53. The molecule has 1 fully saturated rings. The summed E-state index contributed by atoms with van der Waals surface area (Å²) in [6, 6.07) is 0. The Hall–Kier alpha value is -0.330. The summed E-state index contributed by atoms with van der Waals surface area (Å²) in [7, 11) is 0. The minimum Gasteiger partial charge on any atom is -0.299 e. The SMILES string of the molecule is CCC(C)CC(=O)C1(C)CC1(C)C. The molecule has 2 unspecified atom stereocenters. The van der Waals surface area contributed by atoms with Crippen molar-refractivity contribution in [3.05, 3.63) is 0 Å². The molecule has 1 nitrogen and oxygen atoms in total. The van der Waals surface area contributed by atoms with E-state index in [1.807, 2.05) is 0 Å². The van der Waals surface area contributed by atoms with E-state index in [0.717, 1.165) is 19.3 Å². The molecule has 0 saturated heterocycles. The molecule has 1 aliphatic rings. The number of ketones is 1. The molecule has 2 atom stereocenters. The minimum absolute atomic E-state index is 0.00354. The molecule has 76 valence electrons. The van der Waals surface area contributed by atoms with E-state index in [9.17, 15) is 4.79 Å². The maximum Gasteiger partial charge on any atom is 0.139 e. The zero-order valence-electron chi connectivity index (χ0n) is 9.61. The van der Waals surface area contributed by atoms with Gasteiger partial charge in [0.15, 0.2) is 0 Å². The van der Waals surface area contributed by atoms with Crippen LogP contribution >= 0.6 is 0 Å². The Morgan fingerprint density at radius 2 is 1.85 bits per heavy atom. The summed E-state index contributed by atoms with van der Waals surface area (Å²) < 4.78 is 0. The van der Waals surface area contributed by atoms with Gasteiger partial charge in [-0.2, -0.15) is 0 Å². The summed E-state index contributed by atoms with van der Waals surface area (Å²) in [5.41, 5.74) is 0.258. The topological polar surface area (TPSA) is 17.1 Å². The molecule has 0 spiro atoms. The molecule has 1 rings (SSSR count). The van der Waals surface area contributed by atoms with Crippen LogP contribution in [0.15, 0.2) is 0 Å². The molecule has 0 bridgehead atoms. The smallest absolute Gasteiger partial charge is 0.139 e. The lowest BCUT2D eigenvalue weighted by molar-refractivity contribution is -0.125. The number of rotatable bonds is 4. The highest BCUT2D eigenvalue weighted by Crippen LogP contribution is 2.64. The lowest BCUT2D eigenvalue weighted by atomic mass is 9.87. The monoisotopic (exact) mass is 182 g/mol. The average Bonchev–Trinajstić information content (AvgIpc) is 2.52. The molecule has 1 aliphatic carbocycles. The van der Waals surface area contributed by atoms with Crippen molar-refractivity contribution < 1.29 is 4.79 Å². The third-order valence-electron chi connectivity index (χ3n) is 4.01. The van der Waals surface area contributed by atoms with Crippen LogP contribution in [0.4, 0.5) is 0 Å². The van der Waals surface area contributed by atoms with Gasteiger partial charge >= 0.3 is 0 Å². The molecule has 0 heterocycles. The Morgan fingerprint density at radius 3 is 2.15 bits per heavy atom. The van der Waals surface area contributed by atoms with Gasteiger partial charge in [-0.05, 0) is 17.8 Å². The summed E-state index contributed by atoms with van der Waals surface area (Å²) in [6.07, 6.45) is 2.97. The molecular weight excluding hydrogens is 160 g/mol. The molecule has 0 aromatic carbocycles. The predicted octanol–water partition coefficient (Wildman–Crippen LogP) is 3.43. The van der Waals surface area contributed by atoms with Crippen LogP contribution in [0.5, 0.6) is 0 Å². The summed E-state index contributed by atoms with van der Waals surface area (Å²) in [5, 5.41) is 0. The van der Waals surface area contributed by atoms with Crippen molar-refractivity contribution in [3.8, 4) is 0 Å². The number of hydrogen-bond donors (Lipinski definition) is 0. The first-order chi connectivity index (χ1) is 5.83. The quantitative estimate of drug-likeness (QED) is 0.651. The number of carbonyl (C=O) groups is 1. The zero-order chi connectivity index (χ0) is 10.3. The van der Waals surface area contributed by atoms with E-state index >= 15 is 0 Å². The fraction of sp³-hybridized carbons (Fsp3) is 0.917. The Morgan fingerprint density at radius 1 is 1.38 bits per heavy atom. The van der Waals surface area contributed by atoms with Crippen LogP contribution in [0.1, 0.15) is 53.9 Å². The molecule has 0 aromatic heterocycles. The van der Waals surface area contributed by atoms with Crippen LogP contribution in [-0.4, -0.2) is 5.78 Å². The number of carbonyl (C=O) groups excluding carboxylic acids is 1. The van der Waals surface area contributed by atoms with Gasteiger partial charge in [0.05, 0.1) is 0 Å². The van der Waals surface area contributed by atoms with Gasteiger partial charge in [-0.1, -0.05) is 41.0 Å². The maximum absolute atomic E-state index is 11.9. The molecule has 0 amide bonds. The Kier molecular flexibility index (Phi) is 2.57. The molecule has 1 heteroatoms. The summed E-state index contributed by atoms with van der Waals surface area (Å²) >= 11 is 0. The van der Waals surface area contributed by atoms with Crippen molar-refractivity contribution in [1.82, 2.24) is 0 Å².